The van der Waals surface area contributed by atoms with E-state index in [1.165, 1.54) is 0 Å². The van der Waals surface area contributed by atoms with Gasteiger partial charge >= 0.3 is 6.16 Å². The summed E-state index contributed by atoms with van der Waals surface area (Å²) in [6.45, 7) is 15.7. The van der Waals surface area contributed by atoms with Gasteiger partial charge in [0.1, 0.15) is 28.5 Å². The second-order valence-electron chi connectivity index (χ2n) is 11.3. The minimum absolute atomic E-state index is 0.0568. The fraction of sp³-hybridized carbons (Fsp3) is 0.200. The predicted molar refractivity (Wildman–Crippen MR) is 186 cm³/mol. The molecule has 0 aromatic heterocycles. The van der Waals surface area contributed by atoms with Gasteiger partial charge in [0.2, 0.25) is 0 Å². The van der Waals surface area contributed by atoms with Crippen LogP contribution < -0.4 is 19.5 Å². The van der Waals surface area contributed by atoms with Gasteiger partial charge in [-0.25, -0.2) is 4.79 Å². The van der Waals surface area contributed by atoms with Gasteiger partial charge in [-0.1, -0.05) is 93.8 Å². The Balaban J connectivity index is 1.51. The number of allylic oxidation sites excluding steroid dienone is 5. The van der Waals surface area contributed by atoms with Gasteiger partial charge in [-0.2, -0.15) is 0 Å². The number of amides is 1. The summed E-state index contributed by atoms with van der Waals surface area (Å²) in [4.78, 5) is 25.9. The van der Waals surface area contributed by atoms with Crippen LogP contribution in [0.15, 0.2) is 145 Å². The molecule has 1 heterocycles. The van der Waals surface area contributed by atoms with E-state index in [2.05, 4.69) is 32.3 Å². The third-order valence-corrected chi connectivity index (χ3v) is 8.33. The Morgan fingerprint density at radius 2 is 1.36 bits per heavy atom. The highest BCUT2D eigenvalue weighted by molar-refractivity contribution is 6.04. The number of carbonyl (C=O) groups is 2. The molecule has 0 aliphatic carbocycles. The zero-order chi connectivity index (χ0) is 34.2. The van der Waals surface area contributed by atoms with Crippen molar-refractivity contribution < 1.29 is 28.5 Å². The Hall–Kier alpha value is -5.56. The van der Waals surface area contributed by atoms with Gasteiger partial charge in [-0.3, -0.25) is 4.79 Å². The lowest BCUT2D eigenvalue weighted by Gasteiger charge is -2.33. The summed E-state index contributed by atoms with van der Waals surface area (Å²) < 4.78 is 21.5. The molecular formula is C40H41NO6. The normalized spacial score (nSPS) is 18.3. The van der Waals surface area contributed by atoms with Crippen molar-refractivity contribution >= 4 is 12.1 Å². The molecule has 7 nitrogen and oxygen atoms in total. The molecule has 1 aliphatic rings. The van der Waals surface area contributed by atoms with Gasteiger partial charge < -0.3 is 24.3 Å². The molecule has 1 saturated heterocycles. The van der Waals surface area contributed by atoms with Crippen LogP contribution in [-0.2, 0) is 20.5 Å². The molecule has 0 saturated carbocycles. The monoisotopic (exact) mass is 631 g/mol. The average molecular weight is 632 g/mol. The summed E-state index contributed by atoms with van der Waals surface area (Å²) in [5, 5.41) is 3.18. The van der Waals surface area contributed by atoms with Crippen LogP contribution in [0.2, 0.25) is 0 Å². The predicted octanol–water partition coefficient (Wildman–Crippen LogP) is 8.65. The van der Waals surface area contributed by atoms with Gasteiger partial charge in [0.15, 0.2) is 0 Å². The zero-order valence-electron chi connectivity index (χ0n) is 27.8. The van der Waals surface area contributed by atoms with Crippen LogP contribution in [-0.4, -0.2) is 26.3 Å². The first-order valence-corrected chi connectivity index (χ1v) is 15.2. The molecule has 7 heteroatoms. The Morgan fingerprint density at radius 1 is 0.830 bits per heavy atom. The zero-order valence-corrected chi connectivity index (χ0v) is 27.8. The van der Waals surface area contributed by atoms with Crippen LogP contribution in [0, 0.1) is 0 Å². The van der Waals surface area contributed by atoms with E-state index in [4.69, 9.17) is 18.9 Å². The van der Waals surface area contributed by atoms with Crippen LogP contribution in [0.5, 0.6) is 17.2 Å². The molecular weight excluding hydrogens is 590 g/mol. The number of nitrogens with one attached hydrogen (secondary N) is 1. The summed E-state index contributed by atoms with van der Waals surface area (Å²) in [7, 11) is 3.24. The van der Waals surface area contributed by atoms with Crippen LogP contribution >= 0.6 is 0 Å². The topological polar surface area (TPSA) is 83.1 Å². The largest absolute Gasteiger partial charge is 0.519 e. The number of ether oxygens (including phenoxy) is 4. The van der Waals surface area contributed by atoms with Gasteiger partial charge in [-0.05, 0) is 84.2 Å². The summed E-state index contributed by atoms with van der Waals surface area (Å²) in [6.07, 6.45) is 9.53. The lowest BCUT2D eigenvalue weighted by Crippen LogP contribution is -2.41. The van der Waals surface area contributed by atoms with Gasteiger partial charge in [0, 0.05) is 11.0 Å². The molecule has 3 aromatic carbocycles. The first-order chi connectivity index (χ1) is 22.5. The summed E-state index contributed by atoms with van der Waals surface area (Å²) in [5.74, 6) is 1.65. The number of hydrogen-bond donors (Lipinski definition) is 1. The number of benzene rings is 3. The second-order valence-corrected chi connectivity index (χ2v) is 11.3. The van der Waals surface area contributed by atoms with Gasteiger partial charge in [0.25, 0.3) is 5.91 Å². The quantitative estimate of drug-likeness (QED) is 0.0750. The van der Waals surface area contributed by atoms with Gasteiger partial charge in [-0.15, -0.1) is 0 Å². The molecule has 3 aromatic rings. The molecule has 0 spiro atoms. The molecule has 1 unspecified atom stereocenters. The standard InChI is InChI=1S/C40H41NO6/c1-9-12-36-35(11-3)37(42)41-40(36,31-19-23-33(45-8)24-20-31)28(10-2)14-13-27(4)46-38(43)47-34-25-17-30(18-26-34)39(5,6)29-15-21-32(44-7)22-16-29/h9-26H,1,4H2,2-3,5-8H3,(H,41,42)/b14-13-,28-10+,35-11+,36-12?. The smallest absolute Gasteiger partial charge is 0.497 e. The number of carbonyl (C=O) groups excluding carboxylic acids is 2. The molecule has 1 fully saturated rings. The van der Waals surface area contributed by atoms with Crippen molar-refractivity contribution in [3.05, 3.63) is 162 Å². The summed E-state index contributed by atoms with van der Waals surface area (Å²) >= 11 is 0. The van der Waals surface area contributed by atoms with Gasteiger partial charge in [0.05, 0.1) is 14.2 Å². The first kappa shape index (κ1) is 34.3. The summed E-state index contributed by atoms with van der Waals surface area (Å²) in [5.41, 5.74) is 3.62. The molecule has 0 bridgehead atoms. The lowest BCUT2D eigenvalue weighted by atomic mass is 9.76. The molecule has 1 amide bonds. The van der Waals surface area contributed by atoms with Crippen molar-refractivity contribution in [2.24, 2.45) is 0 Å². The minimum atomic E-state index is -1.05. The van der Waals surface area contributed by atoms with E-state index in [9.17, 15) is 9.59 Å². The van der Waals surface area contributed by atoms with E-state index >= 15 is 0 Å². The Bertz CT molecular complexity index is 1760. The van der Waals surface area contributed by atoms with E-state index in [1.807, 2.05) is 86.7 Å². The highest BCUT2D eigenvalue weighted by Crippen LogP contribution is 2.46. The number of hydrogen-bond acceptors (Lipinski definition) is 6. The van der Waals surface area contributed by atoms with E-state index < -0.39 is 11.7 Å². The molecule has 4 rings (SSSR count). The number of rotatable bonds is 11. The third-order valence-electron chi connectivity index (χ3n) is 8.33. The SMILES string of the molecule is C=CC=C1/C(=C\C)C(=O)NC1(C(/C=C\C(=C)OC(=O)Oc1ccc(C(C)(C)c2ccc(OC)cc2)cc1)=C/C)c1ccc(OC)cc1. The molecule has 1 N–H and O–H groups in total. The Labute approximate surface area is 277 Å². The molecule has 1 atom stereocenters. The highest BCUT2D eigenvalue weighted by Gasteiger charge is 2.48. The lowest BCUT2D eigenvalue weighted by molar-refractivity contribution is -0.117. The molecule has 242 valence electrons. The van der Waals surface area contributed by atoms with Crippen molar-refractivity contribution in [2.45, 2.75) is 38.6 Å². The molecule has 0 radical (unpaired) electrons. The Kier molecular flexibility index (Phi) is 10.7. The fourth-order valence-electron chi connectivity index (χ4n) is 5.70. The van der Waals surface area contributed by atoms with Crippen LogP contribution in [0.25, 0.3) is 0 Å². The summed E-state index contributed by atoms with van der Waals surface area (Å²) in [6, 6.07) is 22.7. The van der Waals surface area contributed by atoms with E-state index in [-0.39, 0.29) is 17.1 Å². The Morgan fingerprint density at radius 3 is 1.85 bits per heavy atom. The van der Waals surface area contributed by atoms with Crippen LogP contribution in [0.3, 0.4) is 0 Å². The minimum Gasteiger partial charge on any atom is -0.497 e. The second kappa shape index (κ2) is 14.7. The number of methoxy groups -OCH3 is 2. The van der Waals surface area contributed by atoms with Crippen molar-refractivity contribution in [3.8, 4) is 17.2 Å². The third kappa shape index (κ3) is 7.15. The van der Waals surface area contributed by atoms with E-state index in [0.717, 1.165) is 28.0 Å². The molecule has 1 aliphatic heterocycles. The van der Waals surface area contributed by atoms with Crippen molar-refractivity contribution in [1.82, 2.24) is 5.32 Å². The average Bonchev–Trinajstić information content (AvgIpc) is 3.36. The van der Waals surface area contributed by atoms with Crippen molar-refractivity contribution in [3.63, 3.8) is 0 Å². The van der Waals surface area contributed by atoms with Crippen LogP contribution in [0.4, 0.5) is 4.79 Å². The first-order valence-electron chi connectivity index (χ1n) is 15.2. The molecule has 47 heavy (non-hydrogen) atoms. The highest BCUT2D eigenvalue weighted by atomic mass is 16.7. The van der Waals surface area contributed by atoms with E-state index in [1.54, 1.807) is 50.7 Å². The van der Waals surface area contributed by atoms with Crippen molar-refractivity contribution in [1.29, 1.82) is 0 Å². The fourth-order valence-corrected chi connectivity index (χ4v) is 5.70. The van der Waals surface area contributed by atoms with Crippen molar-refractivity contribution in [2.75, 3.05) is 14.2 Å². The maximum atomic E-state index is 13.2. The maximum absolute atomic E-state index is 13.2. The van der Waals surface area contributed by atoms with E-state index in [0.29, 0.717) is 22.6 Å². The maximum Gasteiger partial charge on any atom is 0.519 e. The van der Waals surface area contributed by atoms with Crippen LogP contribution in [0.1, 0.15) is 44.4 Å².